The summed E-state index contributed by atoms with van der Waals surface area (Å²) in [7, 11) is 0. The van der Waals surface area contributed by atoms with Gasteiger partial charge in [-0.1, -0.05) is 18.6 Å². The zero-order chi connectivity index (χ0) is 21.3. The molecule has 1 unspecified atom stereocenters. The number of esters is 1. The molecule has 4 N–H and O–H groups in total. The molecule has 0 saturated carbocycles. The lowest BCUT2D eigenvalue weighted by Crippen LogP contribution is -2.59. The van der Waals surface area contributed by atoms with Crippen molar-refractivity contribution >= 4 is 11.9 Å². The van der Waals surface area contributed by atoms with Gasteiger partial charge in [0.15, 0.2) is 6.29 Å². The fourth-order valence-corrected chi connectivity index (χ4v) is 2.73. The molecule has 1 saturated heterocycles. The molecule has 1 aliphatic heterocycles. The van der Waals surface area contributed by atoms with E-state index < -0.39 is 55.7 Å². The Kier molecular flexibility index (Phi) is 10.6. The molecule has 0 radical (unpaired) electrons. The highest BCUT2D eigenvalue weighted by molar-refractivity contribution is 5.90. The SMILES string of the molecule is CC(C)=CCCC(C)CCO[C@@H]1O[C@H](COC(=O)CC(=O)O)[C@@H](O)[C@H](O)[C@H]1O. The van der Waals surface area contributed by atoms with E-state index in [4.69, 9.17) is 19.3 Å². The van der Waals surface area contributed by atoms with Crippen molar-refractivity contribution in [3.8, 4) is 0 Å². The van der Waals surface area contributed by atoms with Gasteiger partial charge in [0.2, 0.25) is 0 Å². The summed E-state index contributed by atoms with van der Waals surface area (Å²) in [5, 5.41) is 38.5. The van der Waals surface area contributed by atoms with Gasteiger partial charge in [0.25, 0.3) is 0 Å². The highest BCUT2D eigenvalue weighted by Gasteiger charge is 2.44. The zero-order valence-corrected chi connectivity index (χ0v) is 16.6. The van der Waals surface area contributed by atoms with Crippen LogP contribution in [0.2, 0.25) is 0 Å². The molecule has 9 heteroatoms. The molecular formula is C19H32O9. The Hall–Kier alpha value is -1.52. The smallest absolute Gasteiger partial charge is 0.317 e. The maximum absolute atomic E-state index is 11.3. The van der Waals surface area contributed by atoms with E-state index in [9.17, 15) is 24.9 Å². The van der Waals surface area contributed by atoms with Crippen molar-refractivity contribution in [1.82, 2.24) is 0 Å². The summed E-state index contributed by atoms with van der Waals surface area (Å²) in [5.74, 6) is -1.95. The maximum atomic E-state index is 11.3. The van der Waals surface area contributed by atoms with Gasteiger partial charge in [0.05, 0.1) is 6.61 Å². The first-order chi connectivity index (χ1) is 13.1. The predicted octanol–water partition coefficient (Wildman–Crippen LogP) is 0.601. The van der Waals surface area contributed by atoms with Gasteiger partial charge in [-0.25, -0.2) is 0 Å². The molecule has 162 valence electrons. The van der Waals surface area contributed by atoms with E-state index >= 15 is 0 Å². The van der Waals surface area contributed by atoms with Crippen LogP contribution in [0.25, 0.3) is 0 Å². The highest BCUT2D eigenvalue weighted by Crippen LogP contribution is 2.23. The average Bonchev–Trinajstić information content (AvgIpc) is 2.59. The van der Waals surface area contributed by atoms with Gasteiger partial charge in [-0.15, -0.1) is 0 Å². The van der Waals surface area contributed by atoms with Gasteiger partial charge < -0.3 is 34.6 Å². The van der Waals surface area contributed by atoms with Crippen LogP contribution in [0.3, 0.4) is 0 Å². The molecule has 0 amide bonds. The molecule has 0 spiro atoms. The van der Waals surface area contributed by atoms with Crippen LogP contribution in [-0.4, -0.2) is 76.3 Å². The molecule has 28 heavy (non-hydrogen) atoms. The summed E-state index contributed by atoms with van der Waals surface area (Å²) in [4.78, 5) is 21.8. The number of hydrogen-bond acceptors (Lipinski definition) is 8. The van der Waals surface area contributed by atoms with Crippen LogP contribution in [0.4, 0.5) is 0 Å². The van der Waals surface area contributed by atoms with E-state index in [1.807, 2.05) is 13.8 Å². The van der Waals surface area contributed by atoms with Crippen LogP contribution in [0.15, 0.2) is 11.6 Å². The van der Waals surface area contributed by atoms with E-state index in [0.717, 1.165) is 19.3 Å². The molecular weight excluding hydrogens is 372 g/mol. The Balaban J connectivity index is 2.46. The topological polar surface area (TPSA) is 143 Å². The predicted molar refractivity (Wildman–Crippen MR) is 98.3 cm³/mol. The quantitative estimate of drug-likeness (QED) is 0.221. The molecule has 1 rings (SSSR count). The molecule has 0 aliphatic carbocycles. The largest absolute Gasteiger partial charge is 0.481 e. The molecule has 0 aromatic rings. The number of rotatable bonds is 11. The Morgan fingerprint density at radius 1 is 1.11 bits per heavy atom. The van der Waals surface area contributed by atoms with Crippen molar-refractivity contribution in [2.45, 2.75) is 77.2 Å². The van der Waals surface area contributed by atoms with E-state index in [2.05, 4.69) is 13.0 Å². The summed E-state index contributed by atoms with van der Waals surface area (Å²) in [6.45, 7) is 6.00. The summed E-state index contributed by atoms with van der Waals surface area (Å²) in [5.41, 5.74) is 1.27. The third-order valence-electron chi connectivity index (χ3n) is 4.48. The molecule has 1 heterocycles. The Bertz CT molecular complexity index is 529. The monoisotopic (exact) mass is 404 g/mol. The van der Waals surface area contributed by atoms with Gasteiger partial charge in [0.1, 0.15) is 37.4 Å². The number of hydrogen-bond donors (Lipinski definition) is 4. The van der Waals surface area contributed by atoms with Crippen molar-refractivity contribution in [2.75, 3.05) is 13.2 Å². The van der Waals surface area contributed by atoms with Crippen LogP contribution in [0.1, 0.15) is 46.5 Å². The van der Waals surface area contributed by atoms with E-state index in [0.29, 0.717) is 5.92 Å². The number of aliphatic carboxylic acids is 1. The van der Waals surface area contributed by atoms with Crippen LogP contribution < -0.4 is 0 Å². The third-order valence-corrected chi connectivity index (χ3v) is 4.48. The van der Waals surface area contributed by atoms with Crippen LogP contribution in [0, 0.1) is 5.92 Å². The van der Waals surface area contributed by atoms with E-state index in [1.165, 1.54) is 5.57 Å². The second kappa shape index (κ2) is 12.1. The first-order valence-electron chi connectivity index (χ1n) is 9.43. The maximum Gasteiger partial charge on any atom is 0.317 e. The summed E-state index contributed by atoms with van der Waals surface area (Å²) >= 11 is 0. The second-order valence-electron chi connectivity index (χ2n) is 7.39. The fourth-order valence-electron chi connectivity index (χ4n) is 2.73. The normalized spacial score (nSPS) is 28.4. The number of carboxylic acid groups (broad SMARTS) is 1. The van der Waals surface area contributed by atoms with Gasteiger partial charge in [-0.3, -0.25) is 9.59 Å². The lowest BCUT2D eigenvalue weighted by molar-refractivity contribution is -0.302. The van der Waals surface area contributed by atoms with Gasteiger partial charge in [-0.05, 0) is 39.0 Å². The van der Waals surface area contributed by atoms with Gasteiger partial charge in [-0.2, -0.15) is 0 Å². The molecule has 9 nitrogen and oxygen atoms in total. The summed E-state index contributed by atoms with van der Waals surface area (Å²) < 4.78 is 15.7. The zero-order valence-electron chi connectivity index (χ0n) is 16.6. The number of carbonyl (C=O) groups is 2. The fraction of sp³-hybridized carbons (Fsp3) is 0.789. The van der Waals surface area contributed by atoms with Crippen molar-refractivity contribution < 1.29 is 44.2 Å². The molecule has 0 aromatic heterocycles. The van der Waals surface area contributed by atoms with Crippen LogP contribution in [0.5, 0.6) is 0 Å². The Morgan fingerprint density at radius 3 is 2.39 bits per heavy atom. The second-order valence-corrected chi connectivity index (χ2v) is 7.39. The number of carboxylic acids is 1. The van der Waals surface area contributed by atoms with Gasteiger partial charge in [0, 0.05) is 0 Å². The van der Waals surface area contributed by atoms with E-state index in [1.54, 1.807) is 0 Å². The number of aliphatic hydroxyl groups is 3. The first-order valence-corrected chi connectivity index (χ1v) is 9.43. The van der Waals surface area contributed by atoms with E-state index in [-0.39, 0.29) is 6.61 Å². The highest BCUT2D eigenvalue weighted by atomic mass is 16.7. The molecule has 1 aliphatic rings. The number of carbonyl (C=O) groups excluding carboxylic acids is 1. The number of ether oxygens (including phenoxy) is 3. The Labute approximate surface area is 164 Å². The van der Waals surface area contributed by atoms with Crippen molar-refractivity contribution in [3.63, 3.8) is 0 Å². The summed E-state index contributed by atoms with van der Waals surface area (Å²) in [6.07, 6.45) is -2.80. The lowest BCUT2D eigenvalue weighted by Gasteiger charge is -2.40. The first kappa shape index (κ1) is 24.5. The molecule has 0 aromatic carbocycles. The van der Waals surface area contributed by atoms with Crippen molar-refractivity contribution in [1.29, 1.82) is 0 Å². The third kappa shape index (κ3) is 8.66. The molecule has 6 atom stereocenters. The van der Waals surface area contributed by atoms with Gasteiger partial charge >= 0.3 is 11.9 Å². The minimum Gasteiger partial charge on any atom is -0.481 e. The number of allylic oxidation sites excluding steroid dienone is 2. The van der Waals surface area contributed by atoms with Crippen molar-refractivity contribution in [2.24, 2.45) is 5.92 Å². The summed E-state index contributed by atoms with van der Waals surface area (Å²) in [6, 6.07) is 0. The average molecular weight is 404 g/mol. The Morgan fingerprint density at radius 2 is 1.79 bits per heavy atom. The van der Waals surface area contributed by atoms with Crippen LogP contribution >= 0.6 is 0 Å². The molecule has 0 bridgehead atoms. The molecule has 1 fully saturated rings. The number of aliphatic hydroxyl groups excluding tert-OH is 3. The minimum atomic E-state index is -1.54. The van der Waals surface area contributed by atoms with Crippen LogP contribution in [-0.2, 0) is 23.8 Å². The standard InChI is InChI=1S/C19H32O9/c1-11(2)5-4-6-12(3)7-8-26-19-18(25)17(24)16(23)13(28-19)10-27-15(22)9-14(20)21/h5,12-13,16-19,23-25H,4,6-10H2,1-3H3,(H,20,21)/t12?,13-,16-,17+,18-,19-/m1/s1. The minimum absolute atomic E-state index is 0.284. The lowest BCUT2D eigenvalue weighted by atomic mass is 9.99. The van der Waals surface area contributed by atoms with Crippen molar-refractivity contribution in [3.05, 3.63) is 11.6 Å².